The minimum absolute atomic E-state index is 0.116. The fraction of sp³-hybridized carbons (Fsp3) is 0.263. The van der Waals surface area contributed by atoms with Gasteiger partial charge >= 0.3 is 6.18 Å². The van der Waals surface area contributed by atoms with Crippen molar-refractivity contribution in [3.8, 4) is 5.75 Å². The number of ether oxygens (including phenoxy) is 1. The van der Waals surface area contributed by atoms with Crippen molar-refractivity contribution in [2.45, 2.75) is 25.4 Å². The first-order chi connectivity index (χ1) is 12.6. The van der Waals surface area contributed by atoms with Gasteiger partial charge in [0.05, 0.1) is 5.56 Å². The number of nitrogens with two attached hydrogens (primary N) is 1. The molecular formula is C19H19F3N2O3. The van der Waals surface area contributed by atoms with Crippen LogP contribution in [0, 0.1) is 0 Å². The van der Waals surface area contributed by atoms with Gasteiger partial charge in [-0.1, -0.05) is 19.1 Å². The molecule has 0 aromatic heterocycles. The highest BCUT2D eigenvalue weighted by atomic mass is 19.4. The number of carbonyl (C=O) groups is 2. The van der Waals surface area contributed by atoms with Crippen molar-refractivity contribution in [3.63, 3.8) is 0 Å². The number of halogens is 3. The van der Waals surface area contributed by atoms with Crippen molar-refractivity contribution >= 4 is 17.5 Å². The van der Waals surface area contributed by atoms with E-state index in [1.165, 1.54) is 12.1 Å². The maximum absolute atomic E-state index is 12.6. The molecule has 1 unspecified atom stereocenters. The lowest BCUT2D eigenvalue weighted by atomic mass is 9.96. The Morgan fingerprint density at radius 3 is 2.19 bits per heavy atom. The largest absolute Gasteiger partial charge is 0.484 e. The number of rotatable bonds is 7. The monoisotopic (exact) mass is 380 g/mol. The number of alkyl halides is 3. The van der Waals surface area contributed by atoms with Crippen molar-refractivity contribution in [1.82, 2.24) is 0 Å². The van der Waals surface area contributed by atoms with Gasteiger partial charge in [0.25, 0.3) is 5.91 Å². The van der Waals surface area contributed by atoms with Crippen LogP contribution < -0.4 is 15.8 Å². The minimum atomic E-state index is -4.38. The predicted molar refractivity (Wildman–Crippen MR) is 94.2 cm³/mol. The summed E-state index contributed by atoms with van der Waals surface area (Å²) >= 11 is 0. The summed E-state index contributed by atoms with van der Waals surface area (Å²) in [7, 11) is 0. The van der Waals surface area contributed by atoms with Crippen molar-refractivity contribution in [1.29, 1.82) is 0 Å². The van der Waals surface area contributed by atoms with Gasteiger partial charge in [0.1, 0.15) is 5.75 Å². The molecule has 2 rings (SSSR count). The minimum Gasteiger partial charge on any atom is -0.484 e. The summed E-state index contributed by atoms with van der Waals surface area (Å²) < 4.78 is 42.9. The van der Waals surface area contributed by atoms with E-state index < -0.39 is 17.6 Å². The van der Waals surface area contributed by atoms with Crippen LogP contribution >= 0.6 is 0 Å². The smallest absolute Gasteiger partial charge is 0.416 e. The summed E-state index contributed by atoms with van der Waals surface area (Å²) in [6.45, 7) is 1.53. The zero-order valence-corrected chi connectivity index (χ0v) is 14.5. The van der Waals surface area contributed by atoms with Crippen LogP contribution in [-0.2, 0) is 15.8 Å². The van der Waals surface area contributed by atoms with E-state index in [1.54, 1.807) is 31.2 Å². The van der Waals surface area contributed by atoms with E-state index in [4.69, 9.17) is 10.5 Å². The first-order valence-corrected chi connectivity index (χ1v) is 8.13. The second kappa shape index (κ2) is 8.57. The quantitative estimate of drug-likeness (QED) is 0.768. The Hall–Kier alpha value is -3.03. The van der Waals surface area contributed by atoms with Gasteiger partial charge in [-0.05, 0) is 47.9 Å². The summed E-state index contributed by atoms with van der Waals surface area (Å²) in [4.78, 5) is 22.8. The van der Waals surface area contributed by atoms with Crippen molar-refractivity contribution in [2.24, 2.45) is 5.73 Å². The van der Waals surface area contributed by atoms with E-state index in [0.29, 0.717) is 17.0 Å². The molecular weight excluding hydrogens is 361 g/mol. The highest BCUT2D eigenvalue weighted by molar-refractivity contribution is 5.91. The molecule has 0 saturated heterocycles. The molecule has 27 heavy (non-hydrogen) atoms. The highest BCUT2D eigenvalue weighted by Crippen LogP contribution is 2.30. The fourth-order valence-electron chi connectivity index (χ4n) is 2.40. The zero-order valence-electron chi connectivity index (χ0n) is 14.5. The van der Waals surface area contributed by atoms with Crippen LogP contribution in [0.25, 0.3) is 0 Å². The molecule has 1 atom stereocenters. The van der Waals surface area contributed by atoms with Gasteiger partial charge in [-0.2, -0.15) is 13.2 Å². The van der Waals surface area contributed by atoms with Crippen molar-refractivity contribution in [2.75, 3.05) is 11.9 Å². The molecule has 2 aromatic carbocycles. The van der Waals surface area contributed by atoms with E-state index in [0.717, 1.165) is 12.1 Å². The maximum atomic E-state index is 12.6. The topological polar surface area (TPSA) is 81.4 Å². The Balaban J connectivity index is 1.90. The third-order valence-electron chi connectivity index (χ3n) is 3.82. The molecule has 0 fully saturated rings. The average Bonchev–Trinajstić information content (AvgIpc) is 2.60. The molecule has 0 aliphatic carbocycles. The number of primary amides is 1. The van der Waals surface area contributed by atoms with Crippen LogP contribution in [0.5, 0.6) is 5.75 Å². The molecule has 0 bridgehead atoms. The van der Waals surface area contributed by atoms with Gasteiger partial charge in [0.15, 0.2) is 6.61 Å². The van der Waals surface area contributed by atoms with Gasteiger partial charge in [-0.25, -0.2) is 0 Å². The molecule has 0 aliphatic rings. The molecule has 0 radical (unpaired) electrons. The third kappa shape index (κ3) is 6.32. The molecule has 0 spiro atoms. The Kier molecular flexibility index (Phi) is 6.44. The van der Waals surface area contributed by atoms with Crippen LogP contribution in [0.2, 0.25) is 0 Å². The molecule has 5 nitrogen and oxygen atoms in total. The Labute approximate surface area is 154 Å². The average molecular weight is 380 g/mol. The first kappa shape index (κ1) is 20.3. The first-order valence-electron chi connectivity index (χ1n) is 8.13. The second-order valence-electron chi connectivity index (χ2n) is 6.05. The molecule has 8 heteroatoms. The normalized spacial score (nSPS) is 12.3. The Morgan fingerprint density at radius 1 is 1.07 bits per heavy atom. The standard InChI is InChI=1S/C19H19F3N2O3/c1-12(13-2-4-14(5-3-13)19(20,21)22)10-18(26)24-15-6-8-16(9-7-15)27-11-17(23)25/h2-9,12H,10-11H2,1H3,(H2,23,25)(H,24,26). The van der Waals surface area contributed by atoms with Crippen LogP contribution in [0.3, 0.4) is 0 Å². The molecule has 3 N–H and O–H groups in total. The molecule has 2 amide bonds. The van der Waals surface area contributed by atoms with Crippen molar-refractivity contribution in [3.05, 3.63) is 59.7 Å². The lowest BCUT2D eigenvalue weighted by molar-refractivity contribution is -0.137. The number of nitrogens with one attached hydrogen (secondary N) is 1. The molecule has 0 aliphatic heterocycles. The molecule has 144 valence electrons. The second-order valence-corrected chi connectivity index (χ2v) is 6.05. The SMILES string of the molecule is CC(CC(=O)Nc1ccc(OCC(N)=O)cc1)c1ccc(C(F)(F)F)cc1. The molecule has 0 heterocycles. The summed E-state index contributed by atoms with van der Waals surface area (Å²) in [6, 6.07) is 11.2. The Morgan fingerprint density at radius 2 is 1.67 bits per heavy atom. The van der Waals surface area contributed by atoms with Crippen LogP contribution in [-0.4, -0.2) is 18.4 Å². The summed E-state index contributed by atoms with van der Waals surface area (Å²) in [6.07, 6.45) is -4.27. The van der Waals surface area contributed by atoms with Gasteiger partial charge < -0.3 is 15.8 Å². The summed E-state index contributed by atoms with van der Waals surface area (Å²) in [5, 5.41) is 2.70. The lowest BCUT2D eigenvalue weighted by Crippen LogP contribution is -2.20. The lowest BCUT2D eigenvalue weighted by Gasteiger charge is -2.14. The molecule has 0 saturated carbocycles. The molecule has 2 aromatic rings. The number of hydrogen-bond acceptors (Lipinski definition) is 3. The van der Waals surface area contributed by atoms with Gasteiger partial charge in [-0.3, -0.25) is 9.59 Å². The van der Waals surface area contributed by atoms with E-state index in [-0.39, 0.29) is 24.9 Å². The van der Waals surface area contributed by atoms with Crippen LogP contribution in [0.1, 0.15) is 30.4 Å². The predicted octanol–water partition coefficient (Wildman–Crippen LogP) is 3.70. The fourth-order valence-corrected chi connectivity index (χ4v) is 2.40. The maximum Gasteiger partial charge on any atom is 0.416 e. The number of anilines is 1. The number of hydrogen-bond donors (Lipinski definition) is 2. The van der Waals surface area contributed by atoms with Gasteiger partial charge in [0.2, 0.25) is 5.91 Å². The summed E-state index contributed by atoms with van der Waals surface area (Å²) in [5.41, 5.74) is 5.44. The van der Waals surface area contributed by atoms with E-state index >= 15 is 0 Å². The zero-order chi connectivity index (χ0) is 20.0. The van der Waals surface area contributed by atoms with Gasteiger partial charge in [-0.15, -0.1) is 0 Å². The number of benzene rings is 2. The van der Waals surface area contributed by atoms with Crippen LogP contribution in [0.15, 0.2) is 48.5 Å². The number of carbonyl (C=O) groups excluding carboxylic acids is 2. The van der Waals surface area contributed by atoms with E-state index in [9.17, 15) is 22.8 Å². The third-order valence-corrected chi connectivity index (χ3v) is 3.82. The van der Waals surface area contributed by atoms with Crippen LogP contribution in [0.4, 0.5) is 18.9 Å². The highest BCUT2D eigenvalue weighted by Gasteiger charge is 2.30. The van der Waals surface area contributed by atoms with Crippen molar-refractivity contribution < 1.29 is 27.5 Å². The number of amides is 2. The van der Waals surface area contributed by atoms with Gasteiger partial charge in [0, 0.05) is 12.1 Å². The van der Waals surface area contributed by atoms with E-state index in [1.807, 2.05) is 0 Å². The van der Waals surface area contributed by atoms with E-state index in [2.05, 4.69) is 5.32 Å². The summed E-state index contributed by atoms with van der Waals surface area (Å²) in [5.74, 6) is -0.673. The Bertz CT molecular complexity index is 787.